The Morgan fingerprint density at radius 2 is 1.86 bits per heavy atom. The van der Waals surface area contributed by atoms with Crippen LogP contribution in [0.25, 0.3) is 22.0 Å². The molecule has 0 bridgehead atoms. The van der Waals surface area contributed by atoms with Gasteiger partial charge in [-0.1, -0.05) is 54.4 Å². The Hall–Kier alpha value is -2.20. The van der Waals surface area contributed by atoms with Crippen LogP contribution in [-0.4, -0.2) is 25.0 Å². The highest BCUT2D eigenvalue weighted by molar-refractivity contribution is 8.00. The summed E-state index contributed by atoms with van der Waals surface area (Å²) in [6.45, 7) is 0.889. The maximum absolute atomic E-state index is 4.71. The number of rotatable bonds is 2. The molecular weight excluding hydrogens is 290 g/mol. The number of fused-ring (bicyclic) bond motifs is 2. The van der Waals surface area contributed by atoms with Gasteiger partial charge in [0.05, 0.1) is 17.1 Å². The average molecular weight is 307 g/mol. The first-order valence-corrected chi connectivity index (χ1v) is 8.47. The lowest BCUT2D eigenvalue weighted by Gasteiger charge is -2.15. The van der Waals surface area contributed by atoms with Crippen LogP contribution in [0.5, 0.6) is 0 Å². The van der Waals surface area contributed by atoms with Gasteiger partial charge in [-0.3, -0.25) is 9.29 Å². The fraction of sp³-hybridized carbons (Fsp3) is 0.167. The van der Waals surface area contributed by atoms with E-state index in [1.54, 1.807) is 11.9 Å². The van der Waals surface area contributed by atoms with Crippen molar-refractivity contribution in [2.75, 3.05) is 29.2 Å². The van der Waals surface area contributed by atoms with E-state index in [0.29, 0.717) is 0 Å². The molecule has 0 fully saturated rings. The van der Waals surface area contributed by atoms with Crippen LogP contribution in [0.2, 0.25) is 0 Å². The van der Waals surface area contributed by atoms with Gasteiger partial charge in [0.25, 0.3) is 0 Å². The summed E-state index contributed by atoms with van der Waals surface area (Å²) in [4.78, 5) is 6.99. The smallest absolute Gasteiger partial charge is 0.101 e. The van der Waals surface area contributed by atoms with Gasteiger partial charge < -0.3 is 4.90 Å². The standard InChI is InChI=1S/C18H17N3S/c1-20-12-21(22-2)16-10-11-19-17(18(16)20)15-9-5-7-13-6-3-4-8-14(13)15/h3-11H,12H2,1-2H3. The van der Waals surface area contributed by atoms with Crippen molar-refractivity contribution in [3.63, 3.8) is 0 Å². The van der Waals surface area contributed by atoms with Crippen LogP contribution in [0.3, 0.4) is 0 Å². The third kappa shape index (κ3) is 1.95. The fourth-order valence-electron chi connectivity index (χ4n) is 3.15. The van der Waals surface area contributed by atoms with Crippen molar-refractivity contribution < 1.29 is 0 Å². The average Bonchev–Trinajstić information content (AvgIpc) is 2.91. The zero-order valence-electron chi connectivity index (χ0n) is 12.7. The first-order valence-electron chi connectivity index (χ1n) is 7.29. The van der Waals surface area contributed by atoms with E-state index in [4.69, 9.17) is 4.98 Å². The lowest BCUT2D eigenvalue weighted by atomic mass is 10.0. The monoisotopic (exact) mass is 307 g/mol. The highest BCUT2D eigenvalue weighted by Crippen LogP contribution is 2.44. The molecule has 2 heterocycles. The van der Waals surface area contributed by atoms with Crippen molar-refractivity contribution in [1.29, 1.82) is 0 Å². The topological polar surface area (TPSA) is 19.4 Å². The van der Waals surface area contributed by atoms with Crippen LogP contribution in [-0.2, 0) is 0 Å². The second kappa shape index (κ2) is 5.21. The lowest BCUT2D eigenvalue weighted by molar-refractivity contribution is 0.993. The SMILES string of the molecule is CSN1CN(C)c2c1ccnc2-c1cccc2ccccc12. The summed E-state index contributed by atoms with van der Waals surface area (Å²) in [6.07, 6.45) is 4.03. The molecule has 0 spiro atoms. The molecule has 0 atom stereocenters. The van der Waals surface area contributed by atoms with Crippen LogP contribution >= 0.6 is 11.9 Å². The molecular formula is C18H17N3S. The molecule has 0 saturated heterocycles. The maximum Gasteiger partial charge on any atom is 0.101 e. The Bertz CT molecular complexity index is 841. The van der Waals surface area contributed by atoms with E-state index in [-0.39, 0.29) is 0 Å². The van der Waals surface area contributed by atoms with Crippen molar-refractivity contribution in [3.05, 3.63) is 54.7 Å². The molecule has 0 N–H and O–H groups in total. The quantitative estimate of drug-likeness (QED) is 0.654. The highest BCUT2D eigenvalue weighted by atomic mass is 32.2. The Kier molecular flexibility index (Phi) is 3.19. The number of benzene rings is 2. The van der Waals surface area contributed by atoms with E-state index < -0.39 is 0 Å². The molecule has 110 valence electrons. The van der Waals surface area contributed by atoms with Crippen LogP contribution < -0.4 is 9.21 Å². The van der Waals surface area contributed by atoms with E-state index in [1.165, 1.54) is 27.7 Å². The normalized spacial score (nSPS) is 13.7. The molecule has 0 aliphatic carbocycles. The molecule has 1 aliphatic heterocycles. The summed E-state index contributed by atoms with van der Waals surface area (Å²) in [5, 5.41) is 2.50. The predicted octanol–water partition coefficient (Wildman–Crippen LogP) is 4.39. The van der Waals surface area contributed by atoms with Gasteiger partial charge in [-0.2, -0.15) is 0 Å². The van der Waals surface area contributed by atoms with Gasteiger partial charge in [-0.25, -0.2) is 0 Å². The number of pyridine rings is 1. The summed E-state index contributed by atoms with van der Waals surface area (Å²) in [5.41, 5.74) is 4.72. The first-order chi connectivity index (χ1) is 10.8. The molecule has 0 unspecified atom stereocenters. The Balaban J connectivity index is 1.99. The van der Waals surface area contributed by atoms with Crippen LogP contribution in [0.4, 0.5) is 11.4 Å². The molecule has 3 nitrogen and oxygen atoms in total. The molecule has 0 amide bonds. The Morgan fingerprint density at radius 3 is 2.73 bits per heavy atom. The number of anilines is 2. The van der Waals surface area contributed by atoms with E-state index in [2.05, 4.69) is 71.0 Å². The molecule has 4 heteroatoms. The summed E-state index contributed by atoms with van der Waals surface area (Å²) in [6, 6.07) is 17.0. The molecule has 2 aromatic carbocycles. The van der Waals surface area contributed by atoms with Crippen molar-refractivity contribution in [2.24, 2.45) is 0 Å². The van der Waals surface area contributed by atoms with Crippen LogP contribution in [0.1, 0.15) is 0 Å². The Morgan fingerprint density at radius 1 is 1.05 bits per heavy atom. The molecule has 3 aromatic rings. The third-order valence-corrected chi connectivity index (χ3v) is 4.91. The predicted molar refractivity (Wildman–Crippen MR) is 96.4 cm³/mol. The summed E-state index contributed by atoms with van der Waals surface area (Å²) >= 11 is 1.75. The summed E-state index contributed by atoms with van der Waals surface area (Å²) in [5.74, 6) is 0. The van der Waals surface area contributed by atoms with Crippen molar-refractivity contribution in [1.82, 2.24) is 4.98 Å². The first kappa shape index (κ1) is 13.5. The zero-order chi connectivity index (χ0) is 15.1. The summed E-state index contributed by atoms with van der Waals surface area (Å²) in [7, 11) is 2.13. The second-order valence-corrected chi connectivity index (χ2v) is 6.26. The molecule has 1 aromatic heterocycles. The van der Waals surface area contributed by atoms with Gasteiger partial charge in [0, 0.05) is 25.1 Å². The van der Waals surface area contributed by atoms with Crippen LogP contribution in [0, 0.1) is 0 Å². The van der Waals surface area contributed by atoms with E-state index >= 15 is 0 Å². The minimum Gasteiger partial charge on any atom is -0.353 e. The highest BCUT2D eigenvalue weighted by Gasteiger charge is 2.27. The number of nitrogens with zero attached hydrogens (tertiary/aromatic N) is 3. The van der Waals surface area contributed by atoms with Crippen molar-refractivity contribution >= 4 is 34.1 Å². The van der Waals surface area contributed by atoms with E-state index in [9.17, 15) is 0 Å². The largest absolute Gasteiger partial charge is 0.353 e. The molecule has 4 rings (SSSR count). The van der Waals surface area contributed by atoms with E-state index in [1.807, 2.05) is 6.20 Å². The Labute approximate surface area is 134 Å². The molecule has 0 radical (unpaired) electrons. The van der Waals surface area contributed by atoms with Crippen molar-refractivity contribution in [3.8, 4) is 11.3 Å². The number of hydrogen-bond donors (Lipinski definition) is 0. The molecule has 22 heavy (non-hydrogen) atoms. The molecule has 1 aliphatic rings. The van der Waals surface area contributed by atoms with Gasteiger partial charge in [-0.15, -0.1) is 0 Å². The summed E-state index contributed by atoms with van der Waals surface area (Å²) < 4.78 is 2.30. The van der Waals surface area contributed by atoms with Gasteiger partial charge in [-0.05, 0) is 16.8 Å². The second-order valence-electron chi connectivity index (χ2n) is 5.45. The van der Waals surface area contributed by atoms with E-state index in [0.717, 1.165) is 12.4 Å². The fourth-order valence-corrected chi connectivity index (χ4v) is 3.78. The van der Waals surface area contributed by atoms with Crippen molar-refractivity contribution in [2.45, 2.75) is 0 Å². The number of hydrogen-bond acceptors (Lipinski definition) is 4. The molecule has 0 saturated carbocycles. The zero-order valence-corrected chi connectivity index (χ0v) is 13.5. The van der Waals surface area contributed by atoms with Gasteiger partial charge in [0.1, 0.15) is 6.67 Å². The maximum atomic E-state index is 4.71. The minimum atomic E-state index is 0.889. The third-order valence-electron chi connectivity index (χ3n) is 4.16. The lowest BCUT2D eigenvalue weighted by Crippen LogP contribution is -2.22. The minimum absolute atomic E-state index is 0.889. The van der Waals surface area contributed by atoms with Gasteiger partial charge in [0.15, 0.2) is 0 Å². The van der Waals surface area contributed by atoms with Gasteiger partial charge in [0.2, 0.25) is 0 Å². The van der Waals surface area contributed by atoms with Crippen LogP contribution in [0.15, 0.2) is 54.7 Å². The number of aromatic nitrogens is 1. The van der Waals surface area contributed by atoms with Gasteiger partial charge >= 0.3 is 0 Å².